The van der Waals surface area contributed by atoms with E-state index in [0.717, 1.165) is 37.4 Å². The molecule has 100 valence electrons. The van der Waals surface area contributed by atoms with Gasteiger partial charge >= 0.3 is 0 Å². The maximum absolute atomic E-state index is 11.7. The predicted octanol–water partition coefficient (Wildman–Crippen LogP) is 0.0223. The van der Waals surface area contributed by atoms with Crippen LogP contribution in [0, 0.1) is 6.92 Å². The van der Waals surface area contributed by atoms with Gasteiger partial charge in [-0.2, -0.15) is 0 Å². The van der Waals surface area contributed by atoms with Crippen LogP contribution in [-0.4, -0.2) is 41.6 Å². The summed E-state index contributed by atoms with van der Waals surface area (Å²) in [5.74, 6) is 0.774. The maximum Gasteiger partial charge on any atom is 0.234 e. The summed E-state index contributed by atoms with van der Waals surface area (Å²) in [6.45, 7) is 4.48. The lowest BCUT2D eigenvalue weighted by atomic mass is 10.1. The minimum Gasteiger partial charge on any atom is -0.361 e. The number of nitrogens with two attached hydrogens (primary N) is 1. The topological polar surface area (TPSA) is 84.4 Å². The first-order valence-electron chi connectivity index (χ1n) is 6.30. The lowest BCUT2D eigenvalue weighted by Crippen LogP contribution is -2.44. The highest BCUT2D eigenvalue weighted by atomic mass is 16.5. The molecule has 1 aromatic rings. The number of aromatic nitrogens is 1. The summed E-state index contributed by atoms with van der Waals surface area (Å²) in [6.07, 6.45) is 1.94. The van der Waals surface area contributed by atoms with Crippen molar-refractivity contribution in [3.05, 3.63) is 17.5 Å². The van der Waals surface area contributed by atoms with Gasteiger partial charge in [0.25, 0.3) is 0 Å². The average Bonchev–Trinajstić information content (AvgIpc) is 2.76. The lowest BCUT2D eigenvalue weighted by molar-refractivity contribution is -0.122. The number of aryl methyl sites for hydroxylation is 1. The molecule has 2 heterocycles. The summed E-state index contributed by atoms with van der Waals surface area (Å²) in [7, 11) is 0. The van der Waals surface area contributed by atoms with E-state index in [-0.39, 0.29) is 5.91 Å². The molecule has 0 aliphatic carbocycles. The molecule has 0 aromatic carbocycles. The van der Waals surface area contributed by atoms with Gasteiger partial charge in [-0.3, -0.25) is 9.69 Å². The number of carbonyl (C=O) groups is 1. The highest BCUT2D eigenvalue weighted by molar-refractivity contribution is 5.77. The molecule has 3 N–H and O–H groups in total. The van der Waals surface area contributed by atoms with Gasteiger partial charge in [-0.1, -0.05) is 5.16 Å². The van der Waals surface area contributed by atoms with E-state index in [4.69, 9.17) is 10.3 Å². The first kappa shape index (κ1) is 13.0. The van der Waals surface area contributed by atoms with Crippen LogP contribution in [0.5, 0.6) is 0 Å². The molecular weight excluding hydrogens is 232 g/mol. The molecule has 1 amide bonds. The number of rotatable bonds is 4. The van der Waals surface area contributed by atoms with Crippen LogP contribution < -0.4 is 11.1 Å². The molecule has 0 saturated carbocycles. The number of hydrogen-bond acceptors (Lipinski definition) is 5. The van der Waals surface area contributed by atoms with Gasteiger partial charge in [-0.05, 0) is 19.8 Å². The Morgan fingerprint density at radius 2 is 2.33 bits per heavy atom. The maximum atomic E-state index is 11.7. The van der Waals surface area contributed by atoms with Crippen molar-refractivity contribution in [2.45, 2.75) is 32.4 Å². The Balaban J connectivity index is 1.69. The zero-order valence-electron chi connectivity index (χ0n) is 10.7. The second kappa shape index (κ2) is 5.97. The molecule has 0 radical (unpaired) electrons. The zero-order chi connectivity index (χ0) is 13.0. The van der Waals surface area contributed by atoms with Gasteiger partial charge in [-0.15, -0.1) is 0 Å². The molecule has 1 aliphatic rings. The predicted molar refractivity (Wildman–Crippen MR) is 66.7 cm³/mol. The summed E-state index contributed by atoms with van der Waals surface area (Å²) >= 11 is 0. The molecule has 1 fully saturated rings. The van der Waals surface area contributed by atoms with Crippen molar-refractivity contribution in [2.75, 3.05) is 19.6 Å². The van der Waals surface area contributed by atoms with E-state index < -0.39 is 0 Å². The molecule has 0 atom stereocenters. The highest BCUT2D eigenvalue weighted by Crippen LogP contribution is 2.07. The van der Waals surface area contributed by atoms with Crippen LogP contribution >= 0.6 is 0 Å². The van der Waals surface area contributed by atoms with Crippen LogP contribution in [0.3, 0.4) is 0 Å². The Labute approximate surface area is 106 Å². The molecule has 1 aliphatic heterocycles. The molecule has 6 heteroatoms. The summed E-state index contributed by atoms with van der Waals surface area (Å²) in [6, 6.07) is 2.11. The molecule has 18 heavy (non-hydrogen) atoms. The number of nitrogens with one attached hydrogen (secondary N) is 1. The summed E-state index contributed by atoms with van der Waals surface area (Å²) in [4.78, 5) is 13.9. The number of piperidine rings is 1. The van der Waals surface area contributed by atoms with Gasteiger partial charge in [0, 0.05) is 25.2 Å². The van der Waals surface area contributed by atoms with Crippen LogP contribution in [-0.2, 0) is 11.3 Å². The Bertz CT molecular complexity index is 397. The second-order valence-electron chi connectivity index (χ2n) is 4.82. The average molecular weight is 252 g/mol. The Morgan fingerprint density at radius 1 is 1.61 bits per heavy atom. The lowest BCUT2D eigenvalue weighted by Gasteiger charge is -2.29. The van der Waals surface area contributed by atoms with Crippen molar-refractivity contribution < 1.29 is 9.32 Å². The number of carbonyl (C=O) groups excluding carboxylic acids is 1. The van der Waals surface area contributed by atoms with E-state index in [9.17, 15) is 4.79 Å². The van der Waals surface area contributed by atoms with Crippen molar-refractivity contribution in [3.63, 3.8) is 0 Å². The molecule has 1 saturated heterocycles. The molecule has 2 rings (SSSR count). The quantitative estimate of drug-likeness (QED) is 0.789. The first-order valence-corrected chi connectivity index (χ1v) is 6.30. The third kappa shape index (κ3) is 3.82. The van der Waals surface area contributed by atoms with Gasteiger partial charge in [0.2, 0.25) is 5.91 Å². The SMILES string of the molecule is Cc1cc(CNC(=O)CN2CCC(N)CC2)no1. The summed E-state index contributed by atoms with van der Waals surface area (Å²) < 4.78 is 4.93. The van der Waals surface area contributed by atoms with Crippen molar-refractivity contribution in [2.24, 2.45) is 5.73 Å². The summed E-state index contributed by atoms with van der Waals surface area (Å²) in [5.41, 5.74) is 6.57. The third-order valence-corrected chi connectivity index (χ3v) is 3.14. The fourth-order valence-electron chi connectivity index (χ4n) is 2.06. The number of likely N-dealkylation sites (tertiary alicyclic amines) is 1. The molecule has 0 bridgehead atoms. The second-order valence-corrected chi connectivity index (χ2v) is 4.82. The van der Waals surface area contributed by atoms with Gasteiger partial charge in [0.15, 0.2) is 0 Å². The molecule has 0 unspecified atom stereocenters. The number of amides is 1. The van der Waals surface area contributed by atoms with E-state index in [2.05, 4.69) is 15.4 Å². The monoisotopic (exact) mass is 252 g/mol. The molecular formula is C12H20N4O2. The largest absolute Gasteiger partial charge is 0.361 e. The number of hydrogen-bond donors (Lipinski definition) is 2. The Morgan fingerprint density at radius 3 is 2.94 bits per heavy atom. The van der Waals surface area contributed by atoms with Crippen molar-refractivity contribution in [3.8, 4) is 0 Å². The van der Waals surface area contributed by atoms with Gasteiger partial charge < -0.3 is 15.6 Å². The Hall–Kier alpha value is -1.40. The first-order chi connectivity index (χ1) is 8.63. The summed E-state index contributed by atoms with van der Waals surface area (Å²) in [5, 5.41) is 6.66. The van der Waals surface area contributed by atoms with E-state index in [0.29, 0.717) is 19.1 Å². The van der Waals surface area contributed by atoms with Gasteiger partial charge in [0.1, 0.15) is 11.5 Å². The van der Waals surface area contributed by atoms with Crippen molar-refractivity contribution >= 4 is 5.91 Å². The highest BCUT2D eigenvalue weighted by Gasteiger charge is 2.18. The zero-order valence-corrected chi connectivity index (χ0v) is 10.7. The van der Waals surface area contributed by atoms with Crippen LogP contribution in [0.15, 0.2) is 10.6 Å². The minimum atomic E-state index is 0.0196. The van der Waals surface area contributed by atoms with Gasteiger partial charge in [0.05, 0.1) is 13.1 Å². The normalized spacial score (nSPS) is 17.9. The van der Waals surface area contributed by atoms with Gasteiger partial charge in [-0.25, -0.2) is 0 Å². The van der Waals surface area contributed by atoms with Crippen LogP contribution in [0.1, 0.15) is 24.3 Å². The van der Waals surface area contributed by atoms with Crippen molar-refractivity contribution in [1.29, 1.82) is 0 Å². The van der Waals surface area contributed by atoms with E-state index in [1.54, 1.807) is 0 Å². The van der Waals surface area contributed by atoms with Crippen LogP contribution in [0.25, 0.3) is 0 Å². The minimum absolute atomic E-state index is 0.0196. The van der Waals surface area contributed by atoms with Crippen LogP contribution in [0.4, 0.5) is 0 Å². The molecule has 1 aromatic heterocycles. The van der Waals surface area contributed by atoms with Crippen LogP contribution in [0.2, 0.25) is 0 Å². The van der Waals surface area contributed by atoms with E-state index >= 15 is 0 Å². The van der Waals surface area contributed by atoms with Crippen molar-refractivity contribution in [1.82, 2.24) is 15.4 Å². The molecule has 6 nitrogen and oxygen atoms in total. The standard InChI is InChI=1S/C12H20N4O2/c1-9-6-11(15-18-9)7-14-12(17)8-16-4-2-10(13)3-5-16/h6,10H,2-5,7-8,13H2,1H3,(H,14,17). The van der Waals surface area contributed by atoms with E-state index in [1.807, 2.05) is 13.0 Å². The smallest absolute Gasteiger partial charge is 0.234 e. The third-order valence-electron chi connectivity index (χ3n) is 3.14. The molecule has 0 spiro atoms. The number of nitrogens with zero attached hydrogens (tertiary/aromatic N) is 2. The Kier molecular flexibility index (Phi) is 4.33. The fraction of sp³-hybridized carbons (Fsp3) is 0.667. The fourth-order valence-corrected chi connectivity index (χ4v) is 2.06. The van der Waals surface area contributed by atoms with E-state index in [1.165, 1.54) is 0 Å².